The third-order valence-corrected chi connectivity index (χ3v) is 4.62. The van der Waals surface area contributed by atoms with E-state index >= 15 is 0 Å². The number of hydrogen-bond donors (Lipinski definition) is 1. The van der Waals surface area contributed by atoms with Gasteiger partial charge in [-0.1, -0.05) is 48.5 Å². The summed E-state index contributed by atoms with van der Waals surface area (Å²) in [5, 5.41) is 0. The highest BCUT2D eigenvalue weighted by molar-refractivity contribution is 5.55. The van der Waals surface area contributed by atoms with Crippen molar-refractivity contribution in [3.63, 3.8) is 0 Å². The molecule has 1 aliphatic rings. The van der Waals surface area contributed by atoms with E-state index in [0.29, 0.717) is 6.61 Å². The number of nitrogens with one attached hydrogen (secondary N) is 1. The predicted octanol–water partition coefficient (Wildman–Crippen LogP) is 4.03. The number of aromatic amines is 1. The predicted molar refractivity (Wildman–Crippen MR) is 99.5 cm³/mol. The van der Waals surface area contributed by atoms with Crippen LogP contribution in [0.2, 0.25) is 0 Å². The summed E-state index contributed by atoms with van der Waals surface area (Å²) in [4.78, 5) is 10.8. The van der Waals surface area contributed by atoms with Crippen LogP contribution < -0.4 is 4.74 Å². The lowest BCUT2D eigenvalue weighted by Gasteiger charge is -2.26. The lowest BCUT2D eigenvalue weighted by atomic mass is 10.1. The third-order valence-electron chi connectivity index (χ3n) is 4.62. The highest BCUT2D eigenvalue weighted by Gasteiger charge is 2.21. The van der Waals surface area contributed by atoms with Crippen molar-refractivity contribution in [2.45, 2.75) is 26.4 Å². The average molecular weight is 333 g/mol. The molecule has 0 atom stereocenters. The van der Waals surface area contributed by atoms with Gasteiger partial charge in [-0.25, -0.2) is 4.98 Å². The molecule has 2 heterocycles. The van der Waals surface area contributed by atoms with Crippen LogP contribution in [0.4, 0.5) is 0 Å². The standard InChI is InChI=1S/C21H23N3O/c1-2-25-20-11-7-6-10-17(20)14-24-13-12-18-19(15-24)23-21(22-18)16-8-4-3-5-9-16/h3-11H,2,12-15H2,1H3,(H,22,23). The monoisotopic (exact) mass is 333 g/mol. The van der Waals surface area contributed by atoms with Crippen LogP contribution in [-0.4, -0.2) is 28.0 Å². The second-order valence-corrected chi connectivity index (χ2v) is 6.38. The van der Waals surface area contributed by atoms with Gasteiger partial charge >= 0.3 is 0 Å². The first-order chi connectivity index (χ1) is 12.3. The van der Waals surface area contributed by atoms with Crippen LogP contribution in [0, 0.1) is 0 Å². The molecule has 0 aliphatic carbocycles. The topological polar surface area (TPSA) is 41.1 Å². The van der Waals surface area contributed by atoms with Crippen molar-refractivity contribution < 1.29 is 4.74 Å². The molecular formula is C21H23N3O. The van der Waals surface area contributed by atoms with Crippen molar-refractivity contribution in [1.82, 2.24) is 14.9 Å². The van der Waals surface area contributed by atoms with Gasteiger partial charge in [-0.05, 0) is 13.0 Å². The van der Waals surface area contributed by atoms with Crippen LogP contribution in [-0.2, 0) is 19.5 Å². The van der Waals surface area contributed by atoms with Crippen LogP contribution >= 0.6 is 0 Å². The fourth-order valence-electron chi connectivity index (χ4n) is 3.39. The Bertz CT molecular complexity index is 841. The SMILES string of the molecule is CCOc1ccccc1CN1CCc2nc(-c3ccccc3)[nH]c2C1. The number of para-hydroxylation sites is 1. The second-order valence-electron chi connectivity index (χ2n) is 6.38. The van der Waals surface area contributed by atoms with Gasteiger partial charge in [0.05, 0.1) is 18.0 Å². The molecule has 0 saturated carbocycles. The number of imidazole rings is 1. The van der Waals surface area contributed by atoms with E-state index in [-0.39, 0.29) is 0 Å². The summed E-state index contributed by atoms with van der Waals surface area (Å²) in [6, 6.07) is 18.6. The molecule has 0 unspecified atom stereocenters. The summed E-state index contributed by atoms with van der Waals surface area (Å²) in [6.45, 7) is 5.54. The minimum atomic E-state index is 0.697. The van der Waals surface area contributed by atoms with Crippen molar-refractivity contribution in [2.24, 2.45) is 0 Å². The van der Waals surface area contributed by atoms with Gasteiger partial charge in [-0.3, -0.25) is 4.90 Å². The highest BCUT2D eigenvalue weighted by atomic mass is 16.5. The summed E-state index contributed by atoms with van der Waals surface area (Å²) in [5.74, 6) is 1.97. The molecule has 4 rings (SSSR count). The first-order valence-corrected chi connectivity index (χ1v) is 8.89. The molecule has 0 spiro atoms. The van der Waals surface area contributed by atoms with Crippen molar-refractivity contribution in [3.05, 3.63) is 71.5 Å². The van der Waals surface area contributed by atoms with Gasteiger partial charge < -0.3 is 9.72 Å². The Balaban J connectivity index is 1.51. The lowest BCUT2D eigenvalue weighted by Crippen LogP contribution is -2.30. The Morgan fingerprint density at radius 1 is 1.08 bits per heavy atom. The van der Waals surface area contributed by atoms with Crippen LogP contribution in [0.5, 0.6) is 5.75 Å². The van der Waals surface area contributed by atoms with Gasteiger partial charge in [0.2, 0.25) is 0 Å². The smallest absolute Gasteiger partial charge is 0.137 e. The number of nitrogens with zero attached hydrogens (tertiary/aromatic N) is 2. The maximum Gasteiger partial charge on any atom is 0.137 e. The Morgan fingerprint density at radius 3 is 2.72 bits per heavy atom. The molecule has 128 valence electrons. The molecule has 0 saturated heterocycles. The van der Waals surface area contributed by atoms with Crippen molar-refractivity contribution in [3.8, 4) is 17.1 Å². The van der Waals surface area contributed by atoms with Crippen molar-refractivity contribution in [2.75, 3.05) is 13.2 Å². The minimum Gasteiger partial charge on any atom is -0.494 e. The van der Waals surface area contributed by atoms with Crippen LogP contribution in [0.15, 0.2) is 54.6 Å². The number of H-pyrrole nitrogens is 1. The normalized spacial score (nSPS) is 14.3. The first-order valence-electron chi connectivity index (χ1n) is 8.89. The van der Waals surface area contributed by atoms with E-state index in [9.17, 15) is 0 Å². The zero-order chi connectivity index (χ0) is 17.1. The Labute approximate surface area is 148 Å². The summed E-state index contributed by atoms with van der Waals surface area (Å²) in [6.07, 6.45) is 0.982. The maximum absolute atomic E-state index is 5.76. The Hall–Kier alpha value is -2.59. The van der Waals surface area contributed by atoms with E-state index in [2.05, 4.69) is 40.2 Å². The lowest BCUT2D eigenvalue weighted by molar-refractivity contribution is 0.235. The fourth-order valence-corrected chi connectivity index (χ4v) is 3.39. The number of ether oxygens (including phenoxy) is 1. The van der Waals surface area contributed by atoms with Crippen LogP contribution in [0.25, 0.3) is 11.4 Å². The average Bonchev–Trinajstić information content (AvgIpc) is 3.08. The van der Waals surface area contributed by atoms with Crippen LogP contribution in [0.3, 0.4) is 0 Å². The molecule has 25 heavy (non-hydrogen) atoms. The first kappa shape index (κ1) is 15.9. The molecule has 1 aromatic heterocycles. The number of fused-ring (bicyclic) bond motifs is 1. The van der Waals surface area contributed by atoms with Crippen molar-refractivity contribution >= 4 is 0 Å². The van der Waals surface area contributed by atoms with Crippen LogP contribution in [0.1, 0.15) is 23.9 Å². The van der Waals surface area contributed by atoms with Gasteiger partial charge in [0.15, 0.2) is 0 Å². The van der Waals surface area contributed by atoms with Gasteiger partial charge in [0.25, 0.3) is 0 Å². The quantitative estimate of drug-likeness (QED) is 0.766. The van der Waals surface area contributed by atoms with E-state index in [1.54, 1.807) is 0 Å². The van der Waals surface area contributed by atoms with E-state index in [1.807, 2.05) is 31.2 Å². The summed E-state index contributed by atoms with van der Waals surface area (Å²) < 4.78 is 5.76. The number of rotatable bonds is 5. The Kier molecular flexibility index (Phi) is 4.53. The van der Waals surface area contributed by atoms with Gasteiger partial charge in [0.1, 0.15) is 11.6 Å². The number of aromatic nitrogens is 2. The third kappa shape index (κ3) is 3.44. The molecule has 4 nitrogen and oxygen atoms in total. The zero-order valence-electron chi connectivity index (χ0n) is 14.5. The largest absolute Gasteiger partial charge is 0.494 e. The molecule has 0 bridgehead atoms. The molecule has 1 N–H and O–H groups in total. The maximum atomic E-state index is 5.76. The molecule has 0 radical (unpaired) electrons. The van der Waals surface area contributed by atoms with Gasteiger partial charge in [0, 0.05) is 37.2 Å². The molecule has 2 aromatic carbocycles. The van der Waals surface area contributed by atoms with E-state index < -0.39 is 0 Å². The molecule has 0 fully saturated rings. The van der Waals surface area contributed by atoms with Crippen molar-refractivity contribution in [1.29, 1.82) is 0 Å². The number of hydrogen-bond acceptors (Lipinski definition) is 3. The van der Waals surface area contributed by atoms with E-state index in [1.165, 1.54) is 17.0 Å². The van der Waals surface area contributed by atoms with E-state index in [4.69, 9.17) is 9.72 Å². The van der Waals surface area contributed by atoms with Gasteiger partial charge in [-0.2, -0.15) is 0 Å². The minimum absolute atomic E-state index is 0.697. The van der Waals surface area contributed by atoms with E-state index in [0.717, 1.165) is 43.2 Å². The second kappa shape index (κ2) is 7.11. The van der Waals surface area contributed by atoms with Gasteiger partial charge in [-0.15, -0.1) is 0 Å². The summed E-state index contributed by atoms with van der Waals surface area (Å²) in [7, 11) is 0. The Morgan fingerprint density at radius 2 is 1.88 bits per heavy atom. The fraction of sp³-hybridized carbons (Fsp3) is 0.286. The summed E-state index contributed by atoms with van der Waals surface area (Å²) in [5.41, 5.74) is 4.83. The molecule has 3 aromatic rings. The molecular weight excluding hydrogens is 310 g/mol. The molecule has 1 aliphatic heterocycles. The number of benzene rings is 2. The molecule has 4 heteroatoms. The molecule has 0 amide bonds. The zero-order valence-corrected chi connectivity index (χ0v) is 14.5. The highest BCUT2D eigenvalue weighted by Crippen LogP contribution is 2.25. The summed E-state index contributed by atoms with van der Waals surface area (Å²) >= 11 is 0.